The first-order chi connectivity index (χ1) is 16.1. The van der Waals surface area contributed by atoms with E-state index in [0.717, 1.165) is 19.5 Å². The first kappa shape index (κ1) is 23.0. The average Bonchev–Trinajstić information content (AvgIpc) is 2.87. The zero-order valence-electron chi connectivity index (χ0n) is 19.4. The Morgan fingerprint density at radius 2 is 1.88 bits per heavy atom. The number of amides is 1. The number of hydrogen-bond acceptors (Lipinski definition) is 5. The number of hydrogen-bond donors (Lipinski definition) is 1. The summed E-state index contributed by atoms with van der Waals surface area (Å²) in [6.07, 6.45) is 5.89. The van der Waals surface area contributed by atoms with E-state index in [1.165, 1.54) is 30.4 Å². The molecule has 174 valence electrons. The van der Waals surface area contributed by atoms with Crippen LogP contribution in [0.25, 0.3) is 16.5 Å². The second kappa shape index (κ2) is 10.6. The molecule has 4 rings (SSSR count). The van der Waals surface area contributed by atoms with Crippen LogP contribution in [-0.4, -0.2) is 53.4 Å². The molecule has 1 aliphatic heterocycles. The summed E-state index contributed by atoms with van der Waals surface area (Å²) in [5, 5.41) is 8.49. The van der Waals surface area contributed by atoms with Crippen molar-refractivity contribution < 1.29 is 9.53 Å². The van der Waals surface area contributed by atoms with Gasteiger partial charge in [0.05, 0.1) is 12.5 Å². The van der Waals surface area contributed by atoms with E-state index < -0.39 is 0 Å². The fraction of sp³-hybridized carbons (Fsp3) is 0.423. The number of aromatic nitrogens is 2. The van der Waals surface area contributed by atoms with Crippen LogP contribution in [0.1, 0.15) is 49.5 Å². The smallest absolute Gasteiger partial charge is 0.279 e. The predicted molar refractivity (Wildman–Crippen MR) is 130 cm³/mol. The summed E-state index contributed by atoms with van der Waals surface area (Å²) >= 11 is 0. The summed E-state index contributed by atoms with van der Waals surface area (Å²) in [6.45, 7) is 4.93. The lowest BCUT2D eigenvalue weighted by atomic mass is 10.00. The Hall–Kier alpha value is -3.19. The molecule has 0 radical (unpaired) electrons. The van der Waals surface area contributed by atoms with Crippen molar-refractivity contribution in [1.82, 2.24) is 20.0 Å². The van der Waals surface area contributed by atoms with Crippen LogP contribution < -0.4 is 15.6 Å². The van der Waals surface area contributed by atoms with E-state index in [1.54, 1.807) is 37.4 Å². The summed E-state index contributed by atoms with van der Waals surface area (Å²) in [5.41, 5.74) is 0.448. The van der Waals surface area contributed by atoms with E-state index in [1.807, 2.05) is 18.2 Å². The van der Waals surface area contributed by atoms with E-state index in [2.05, 4.69) is 22.2 Å². The SMILES string of the molecule is CCC1CCCCN1CCCNC(=O)c1nn(-c2ccccc2OC)c(=O)c2ccccc12. The number of para-hydroxylation sites is 2. The number of fused-ring (bicyclic) bond motifs is 1. The molecule has 1 saturated heterocycles. The summed E-state index contributed by atoms with van der Waals surface area (Å²) in [4.78, 5) is 28.9. The number of ether oxygens (including phenoxy) is 1. The number of nitrogens with zero attached hydrogens (tertiary/aromatic N) is 3. The monoisotopic (exact) mass is 448 g/mol. The number of carbonyl (C=O) groups is 1. The van der Waals surface area contributed by atoms with Gasteiger partial charge in [-0.3, -0.25) is 9.59 Å². The van der Waals surface area contributed by atoms with Crippen LogP contribution >= 0.6 is 0 Å². The number of methoxy groups -OCH3 is 1. The molecule has 0 spiro atoms. The van der Waals surface area contributed by atoms with Crippen molar-refractivity contribution in [1.29, 1.82) is 0 Å². The van der Waals surface area contributed by atoms with Gasteiger partial charge in [0.2, 0.25) is 0 Å². The highest BCUT2D eigenvalue weighted by molar-refractivity contribution is 6.04. The minimum absolute atomic E-state index is 0.237. The fourth-order valence-corrected chi connectivity index (χ4v) is 4.71. The van der Waals surface area contributed by atoms with E-state index in [0.29, 0.717) is 34.8 Å². The van der Waals surface area contributed by atoms with Crippen LogP contribution in [0.15, 0.2) is 53.3 Å². The van der Waals surface area contributed by atoms with Crippen molar-refractivity contribution in [3.63, 3.8) is 0 Å². The lowest BCUT2D eigenvalue weighted by Gasteiger charge is -2.35. The summed E-state index contributed by atoms with van der Waals surface area (Å²) < 4.78 is 6.68. The molecule has 1 unspecified atom stereocenters. The topological polar surface area (TPSA) is 76.5 Å². The minimum Gasteiger partial charge on any atom is -0.494 e. The van der Waals surface area contributed by atoms with Crippen molar-refractivity contribution in [2.45, 2.75) is 45.1 Å². The summed E-state index contributed by atoms with van der Waals surface area (Å²) in [5.74, 6) is 0.237. The van der Waals surface area contributed by atoms with Gasteiger partial charge >= 0.3 is 0 Å². The van der Waals surface area contributed by atoms with Gasteiger partial charge < -0.3 is 15.0 Å². The lowest BCUT2D eigenvalue weighted by molar-refractivity contribution is 0.0942. The number of nitrogens with one attached hydrogen (secondary N) is 1. The molecule has 1 aliphatic rings. The van der Waals surface area contributed by atoms with Crippen LogP contribution in [0.4, 0.5) is 0 Å². The van der Waals surface area contributed by atoms with Crippen molar-refractivity contribution in [2.24, 2.45) is 0 Å². The zero-order valence-corrected chi connectivity index (χ0v) is 19.4. The van der Waals surface area contributed by atoms with Gasteiger partial charge in [-0.2, -0.15) is 9.78 Å². The van der Waals surface area contributed by atoms with Gasteiger partial charge in [-0.1, -0.05) is 43.7 Å². The minimum atomic E-state index is -0.289. The predicted octanol–water partition coefficient (Wildman–Crippen LogP) is 3.78. The lowest BCUT2D eigenvalue weighted by Crippen LogP contribution is -2.40. The Kier molecular flexibility index (Phi) is 7.40. The zero-order chi connectivity index (χ0) is 23.2. The average molecular weight is 449 g/mol. The van der Waals surface area contributed by atoms with Crippen molar-refractivity contribution in [3.8, 4) is 11.4 Å². The molecule has 7 heteroatoms. The van der Waals surface area contributed by atoms with E-state index >= 15 is 0 Å². The van der Waals surface area contributed by atoms with E-state index in [9.17, 15) is 9.59 Å². The molecule has 0 saturated carbocycles. The largest absolute Gasteiger partial charge is 0.494 e. The van der Waals surface area contributed by atoms with E-state index in [-0.39, 0.29) is 17.2 Å². The van der Waals surface area contributed by atoms with Gasteiger partial charge in [-0.15, -0.1) is 0 Å². The fourth-order valence-electron chi connectivity index (χ4n) is 4.71. The van der Waals surface area contributed by atoms with Gasteiger partial charge in [-0.05, 0) is 50.4 Å². The molecule has 1 aromatic heterocycles. The second-order valence-corrected chi connectivity index (χ2v) is 8.49. The van der Waals surface area contributed by atoms with Crippen LogP contribution in [0, 0.1) is 0 Å². The Balaban J connectivity index is 1.56. The van der Waals surface area contributed by atoms with Crippen LogP contribution in [-0.2, 0) is 0 Å². The molecule has 0 aliphatic carbocycles. The molecule has 1 atom stereocenters. The standard InChI is InChI=1S/C26H32N4O3/c1-3-19-11-8-9-17-29(19)18-10-16-27-25(31)24-20-12-4-5-13-21(20)26(32)30(28-24)22-14-6-7-15-23(22)33-2/h4-7,12-15,19H,3,8-11,16-18H2,1-2H3,(H,27,31). The molecule has 3 aromatic rings. The quantitative estimate of drug-likeness (QED) is 0.531. The molecule has 1 amide bonds. The van der Waals surface area contributed by atoms with Gasteiger partial charge in [0.15, 0.2) is 5.69 Å². The number of likely N-dealkylation sites (tertiary alicyclic amines) is 1. The maximum atomic E-state index is 13.2. The molecule has 2 heterocycles. The van der Waals surface area contributed by atoms with Gasteiger partial charge in [0, 0.05) is 24.5 Å². The Morgan fingerprint density at radius 3 is 2.67 bits per heavy atom. The number of piperidine rings is 1. The Bertz CT molecular complexity index is 1170. The van der Waals surface area contributed by atoms with Crippen molar-refractivity contribution in [3.05, 3.63) is 64.6 Å². The van der Waals surface area contributed by atoms with Gasteiger partial charge in [-0.25, -0.2) is 0 Å². The van der Waals surface area contributed by atoms with Crippen LogP contribution in [0.2, 0.25) is 0 Å². The second-order valence-electron chi connectivity index (χ2n) is 8.49. The third kappa shape index (κ3) is 4.93. The highest BCUT2D eigenvalue weighted by atomic mass is 16.5. The third-order valence-electron chi connectivity index (χ3n) is 6.46. The van der Waals surface area contributed by atoms with Crippen molar-refractivity contribution >= 4 is 16.7 Å². The molecule has 1 N–H and O–H groups in total. The molecular weight excluding hydrogens is 416 g/mol. The molecular formula is C26H32N4O3. The molecule has 2 aromatic carbocycles. The van der Waals surface area contributed by atoms with E-state index in [4.69, 9.17) is 4.74 Å². The van der Waals surface area contributed by atoms with Crippen LogP contribution in [0.5, 0.6) is 5.75 Å². The summed E-state index contributed by atoms with van der Waals surface area (Å²) in [7, 11) is 1.55. The highest BCUT2D eigenvalue weighted by Gasteiger charge is 2.21. The number of benzene rings is 2. The van der Waals surface area contributed by atoms with Crippen molar-refractivity contribution in [2.75, 3.05) is 26.7 Å². The first-order valence-electron chi connectivity index (χ1n) is 11.8. The maximum Gasteiger partial charge on any atom is 0.279 e. The number of carbonyl (C=O) groups excluding carboxylic acids is 1. The highest BCUT2D eigenvalue weighted by Crippen LogP contribution is 2.22. The van der Waals surface area contributed by atoms with Gasteiger partial charge in [0.1, 0.15) is 11.4 Å². The number of rotatable bonds is 8. The molecule has 1 fully saturated rings. The summed E-state index contributed by atoms with van der Waals surface area (Å²) in [6, 6.07) is 14.9. The normalized spacial score (nSPS) is 16.6. The molecule has 33 heavy (non-hydrogen) atoms. The third-order valence-corrected chi connectivity index (χ3v) is 6.46. The Labute approximate surface area is 194 Å². The first-order valence-corrected chi connectivity index (χ1v) is 11.8. The molecule has 0 bridgehead atoms. The maximum absolute atomic E-state index is 13.2. The molecule has 7 nitrogen and oxygen atoms in total. The van der Waals surface area contributed by atoms with Crippen LogP contribution in [0.3, 0.4) is 0 Å². The van der Waals surface area contributed by atoms with Gasteiger partial charge in [0.25, 0.3) is 11.5 Å². The Morgan fingerprint density at radius 1 is 1.12 bits per heavy atom.